The first-order valence-electron chi connectivity index (χ1n) is 7.29. The number of carbonyl (C=O) groups is 1. The van der Waals surface area contributed by atoms with Crippen LogP contribution in [0.4, 0.5) is 0 Å². The van der Waals surface area contributed by atoms with Gasteiger partial charge in [0.25, 0.3) is 0 Å². The number of hydrogen-bond donors (Lipinski definition) is 1. The highest BCUT2D eigenvalue weighted by Crippen LogP contribution is 2.24. The van der Waals surface area contributed by atoms with Crippen molar-refractivity contribution in [2.75, 3.05) is 20.0 Å². The third-order valence-electron chi connectivity index (χ3n) is 3.36. The van der Waals surface area contributed by atoms with Crippen LogP contribution < -0.4 is 14.8 Å². The Bertz CT molecular complexity index is 656. The maximum atomic E-state index is 12.0. The number of aryl methyl sites for hydroxylation is 1. The van der Waals surface area contributed by atoms with Crippen molar-refractivity contribution in [3.05, 3.63) is 53.6 Å². The van der Waals surface area contributed by atoms with Crippen molar-refractivity contribution in [2.45, 2.75) is 18.4 Å². The molecular formula is C18H21NO3S. The monoisotopic (exact) mass is 331 g/mol. The smallest absolute Gasteiger partial charge is 0.230 e. The summed E-state index contributed by atoms with van der Waals surface area (Å²) in [7, 11) is 3.21. The van der Waals surface area contributed by atoms with E-state index in [1.165, 1.54) is 17.3 Å². The van der Waals surface area contributed by atoms with Crippen LogP contribution in [0.1, 0.15) is 11.1 Å². The van der Waals surface area contributed by atoms with Crippen molar-refractivity contribution in [2.24, 2.45) is 0 Å². The molecule has 0 saturated carbocycles. The highest BCUT2D eigenvalue weighted by molar-refractivity contribution is 8.00. The Morgan fingerprint density at radius 2 is 1.83 bits per heavy atom. The average Bonchev–Trinajstić information content (AvgIpc) is 2.59. The van der Waals surface area contributed by atoms with Gasteiger partial charge in [0.05, 0.1) is 20.0 Å². The van der Waals surface area contributed by atoms with Crippen LogP contribution >= 0.6 is 11.8 Å². The van der Waals surface area contributed by atoms with Crippen molar-refractivity contribution in [1.29, 1.82) is 0 Å². The summed E-state index contributed by atoms with van der Waals surface area (Å²) in [6.45, 7) is 2.48. The van der Waals surface area contributed by atoms with Gasteiger partial charge in [-0.15, -0.1) is 11.8 Å². The molecule has 0 heterocycles. The van der Waals surface area contributed by atoms with Gasteiger partial charge in [-0.1, -0.05) is 17.7 Å². The Morgan fingerprint density at radius 3 is 2.48 bits per heavy atom. The molecule has 1 amide bonds. The van der Waals surface area contributed by atoms with Crippen LogP contribution in [0.5, 0.6) is 11.5 Å². The molecule has 4 nitrogen and oxygen atoms in total. The highest BCUT2D eigenvalue weighted by Gasteiger charge is 2.07. The van der Waals surface area contributed by atoms with Crippen molar-refractivity contribution >= 4 is 17.7 Å². The summed E-state index contributed by atoms with van der Waals surface area (Å²) in [5, 5.41) is 2.91. The summed E-state index contributed by atoms with van der Waals surface area (Å²) in [4.78, 5) is 13.1. The topological polar surface area (TPSA) is 47.6 Å². The second-order valence-electron chi connectivity index (χ2n) is 5.06. The van der Waals surface area contributed by atoms with E-state index in [0.29, 0.717) is 18.0 Å². The number of ether oxygens (including phenoxy) is 2. The fourth-order valence-electron chi connectivity index (χ4n) is 2.03. The van der Waals surface area contributed by atoms with E-state index in [1.54, 1.807) is 14.2 Å². The summed E-state index contributed by atoms with van der Waals surface area (Å²) in [6, 6.07) is 13.7. The molecule has 2 rings (SSSR count). The first-order valence-corrected chi connectivity index (χ1v) is 8.28. The van der Waals surface area contributed by atoms with Gasteiger partial charge in [0.2, 0.25) is 5.91 Å². The molecule has 0 unspecified atom stereocenters. The minimum Gasteiger partial charge on any atom is -0.497 e. The summed E-state index contributed by atoms with van der Waals surface area (Å²) in [6.07, 6.45) is 0. The molecule has 23 heavy (non-hydrogen) atoms. The maximum absolute atomic E-state index is 12.0. The second-order valence-corrected chi connectivity index (χ2v) is 6.10. The van der Waals surface area contributed by atoms with Crippen molar-refractivity contribution in [3.63, 3.8) is 0 Å². The number of rotatable bonds is 7. The molecule has 0 aromatic heterocycles. The quantitative estimate of drug-likeness (QED) is 0.790. The van der Waals surface area contributed by atoms with Crippen LogP contribution in [-0.2, 0) is 11.3 Å². The van der Waals surface area contributed by atoms with Gasteiger partial charge in [0, 0.05) is 23.1 Å². The van der Waals surface area contributed by atoms with Crippen molar-refractivity contribution in [3.8, 4) is 11.5 Å². The second kappa shape index (κ2) is 8.48. The molecular weight excluding hydrogens is 310 g/mol. The fourth-order valence-corrected chi connectivity index (χ4v) is 2.75. The summed E-state index contributed by atoms with van der Waals surface area (Å²) in [5.74, 6) is 1.82. The normalized spacial score (nSPS) is 10.2. The van der Waals surface area contributed by atoms with Gasteiger partial charge in [-0.25, -0.2) is 0 Å². The first-order chi connectivity index (χ1) is 11.1. The van der Waals surface area contributed by atoms with E-state index in [1.807, 2.05) is 49.4 Å². The maximum Gasteiger partial charge on any atom is 0.230 e. The molecule has 2 aromatic rings. The molecule has 0 aliphatic carbocycles. The number of methoxy groups -OCH3 is 2. The van der Waals surface area contributed by atoms with Crippen molar-refractivity contribution in [1.82, 2.24) is 5.32 Å². The Kier molecular flexibility index (Phi) is 6.35. The molecule has 0 atom stereocenters. The van der Waals surface area contributed by atoms with Gasteiger partial charge in [0.15, 0.2) is 0 Å². The van der Waals surface area contributed by atoms with Crippen LogP contribution in [0.3, 0.4) is 0 Å². The predicted octanol–water partition coefficient (Wildman–Crippen LogP) is 3.42. The van der Waals surface area contributed by atoms with Crippen LogP contribution in [-0.4, -0.2) is 25.9 Å². The molecule has 0 fully saturated rings. The van der Waals surface area contributed by atoms with Gasteiger partial charge >= 0.3 is 0 Å². The number of carbonyl (C=O) groups excluding carboxylic acids is 1. The van der Waals surface area contributed by atoms with E-state index in [9.17, 15) is 4.79 Å². The molecule has 0 saturated heterocycles. The minimum atomic E-state index is -0.00607. The van der Waals surface area contributed by atoms with Crippen LogP contribution in [0.15, 0.2) is 47.4 Å². The lowest BCUT2D eigenvalue weighted by molar-refractivity contribution is -0.118. The van der Waals surface area contributed by atoms with Crippen LogP contribution in [0.2, 0.25) is 0 Å². The number of hydrogen-bond acceptors (Lipinski definition) is 4. The Labute approximate surface area is 141 Å². The third-order valence-corrected chi connectivity index (χ3v) is 4.37. The summed E-state index contributed by atoms with van der Waals surface area (Å²) in [5.41, 5.74) is 2.13. The predicted molar refractivity (Wildman–Crippen MR) is 93.3 cm³/mol. The van der Waals surface area contributed by atoms with Gasteiger partial charge in [-0.05, 0) is 31.2 Å². The molecule has 2 aromatic carbocycles. The molecule has 0 bridgehead atoms. The van der Waals surface area contributed by atoms with E-state index in [-0.39, 0.29) is 5.91 Å². The zero-order chi connectivity index (χ0) is 16.7. The molecule has 1 N–H and O–H groups in total. The lowest BCUT2D eigenvalue weighted by Crippen LogP contribution is -2.24. The molecule has 0 radical (unpaired) electrons. The Hall–Kier alpha value is -2.14. The lowest BCUT2D eigenvalue weighted by atomic mass is 10.2. The number of benzene rings is 2. The summed E-state index contributed by atoms with van der Waals surface area (Å²) < 4.78 is 10.5. The zero-order valence-electron chi connectivity index (χ0n) is 13.6. The summed E-state index contributed by atoms with van der Waals surface area (Å²) >= 11 is 1.53. The minimum absolute atomic E-state index is 0.00607. The van der Waals surface area contributed by atoms with E-state index < -0.39 is 0 Å². The van der Waals surface area contributed by atoms with Gasteiger partial charge in [-0.3, -0.25) is 4.79 Å². The molecule has 0 aliphatic heterocycles. The largest absolute Gasteiger partial charge is 0.497 e. The highest BCUT2D eigenvalue weighted by atomic mass is 32.2. The zero-order valence-corrected chi connectivity index (χ0v) is 14.4. The van der Waals surface area contributed by atoms with Gasteiger partial charge in [0.1, 0.15) is 11.5 Å². The number of nitrogens with one attached hydrogen (secondary N) is 1. The first kappa shape index (κ1) is 17.2. The van der Waals surface area contributed by atoms with E-state index in [0.717, 1.165) is 16.2 Å². The molecule has 122 valence electrons. The van der Waals surface area contributed by atoms with Gasteiger partial charge < -0.3 is 14.8 Å². The van der Waals surface area contributed by atoms with Crippen LogP contribution in [0.25, 0.3) is 0 Å². The number of amides is 1. The van der Waals surface area contributed by atoms with Gasteiger partial charge in [-0.2, -0.15) is 0 Å². The fraction of sp³-hybridized carbons (Fsp3) is 0.278. The molecule has 5 heteroatoms. The van der Waals surface area contributed by atoms with E-state index in [2.05, 4.69) is 5.32 Å². The van der Waals surface area contributed by atoms with Crippen molar-refractivity contribution < 1.29 is 14.3 Å². The van der Waals surface area contributed by atoms with E-state index in [4.69, 9.17) is 9.47 Å². The lowest BCUT2D eigenvalue weighted by Gasteiger charge is -2.11. The molecule has 0 aliphatic rings. The Balaban J connectivity index is 1.85. The standard InChI is InChI=1S/C18H21NO3S/c1-13-4-8-16(9-5-13)23-12-18(20)19-11-14-6-7-15(21-2)10-17(14)22-3/h4-10H,11-12H2,1-3H3,(H,19,20). The van der Waals surface area contributed by atoms with Crippen LogP contribution in [0, 0.1) is 6.92 Å². The molecule has 0 spiro atoms. The average molecular weight is 331 g/mol. The SMILES string of the molecule is COc1ccc(CNC(=O)CSc2ccc(C)cc2)c(OC)c1. The Morgan fingerprint density at radius 1 is 1.09 bits per heavy atom. The third kappa shape index (κ3) is 5.21. The van der Waals surface area contributed by atoms with E-state index >= 15 is 0 Å². The number of thioether (sulfide) groups is 1.